The van der Waals surface area contributed by atoms with Crippen LogP contribution in [0.15, 0.2) is 72.1 Å². The Labute approximate surface area is 249 Å². The molecule has 4 aromatic rings. The molecule has 0 amide bonds. The summed E-state index contributed by atoms with van der Waals surface area (Å²) in [6.07, 6.45) is 0.843. The minimum atomic E-state index is 0.0304. The molecule has 212 valence electrons. The molecule has 4 rings (SSSR count). The molecule has 0 aliphatic rings. The van der Waals surface area contributed by atoms with E-state index in [1.165, 1.54) is 38.3 Å². The molecule has 3 aromatic carbocycles. The van der Waals surface area contributed by atoms with Gasteiger partial charge in [0.1, 0.15) is 11.5 Å². The van der Waals surface area contributed by atoms with Crippen molar-refractivity contribution in [3.8, 4) is 11.5 Å². The lowest BCUT2D eigenvalue weighted by Crippen LogP contribution is -2.27. The highest BCUT2D eigenvalue weighted by atomic mass is 35.5. The molecule has 0 aliphatic heterocycles. The lowest BCUT2D eigenvalue weighted by molar-refractivity contribution is -0.0487. The average molecular weight is 577 g/mol. The van der Waals surface area contributed by atoms with Crippen LogP contribution in [0.2, 0.25) is 5.02 Å². The molecule has 0 unspecified atom stereocenters. The number of hydrogen-bond donors (Lipinski definition) is 0. The van der Waals surface area contributed by atoms with Gasteiger partial charge in [-0.1, -0.05) is 35.9 Å². The monoisotopic (exact) mass is 576 g/mol. The molecule has 0 fully saturated rings. The number of nitrogens with zero attached hydrogens (tertiary/aromatic N) is 2. The van der Waals surface area contributed by atoms with Crippen LogP contribution < -0.4 is 9.68 Å². The quantitative estimate of drug-likeness (QED) is 0.148. The maximum atomic E-state index is 6.28. The average Bonchev–Trinajstić information content (AvgIpc) is 3.42. The van der Waals surface area contributed by atoms with Gasteiger partial charge in [-0.05, 0) is 129 Å². The van der Waals surface area contributed by atoms with E-state index >= 15 is 0 Å². The first kappa shape index (κ1) is 30.1. The highest BCUT2D eigenvalue weighted by Crippen LogP contribution is 2.42. The van der Waals surface area contributed by atoms with E-state index in [0.717, 1.165) is 49.1 Å². The topological polar surface area (TPSA) is 24.9 Å². The number of hydroxylamine groups is 4. The van der Waals surface area contributed by atoms with Crippen molar-refractivity contribution in [2.75, 3.05) is 26.2 Å². The Morgan fingerprint density at radius 3 is 1.68 bits per heavy atom. The van der Waals surface area contributed by atoms with Crippen LogP contribution in [0.5, 0.6) is 11.5 Å². The number of hydrogen-bond acceptors (Lipinski definition) is 5. The van der Waals surface area contributed by atoms with Gasteiger partial charge in [-0.2, -0.15) is 0 Å². The van der Waals surface area contributed by atoms with Crippen LogP contribution in [-0.4, -0.2) is 36.3 Å². The second kappa shape index (κ2) is 14.2. The first-order chi connectivity index (χ1) is 19.4. The van der Waals surface area contributed by atoms with Crippen molar-refractivity contribution in [3.05, 3.63) is 115 Å². The van der Waals surface area contributed by atoms with E-state index in [4.69, 9.17) is 21.3 Å². The molecule has 0 saturated carbocycles. The van der Waals surface area contributed by atoms with Gasteiger partial charge < -0.3 is 9.68 Å². The van der Waals surface area contributed by atoms with Crippen molar-refractivity contribution >= 4 is 22.9 Å². The van der Waals surface area contributed by atoms with E-state index in [2.05, 4.69) is 102 Å². The van der Waals surface area contributed by atoms with E-state index in [-0.39, 0.29) is 5.92 Å². The standard InChI is InChI=1S/C34H41ClN2O2S/c1-7-36(8-2)38-29-17-11-24(5)31(22-29)33(32-23-30(18-12-25(32)6)39-37(9-3)10-4)34-27(19-20-40-34)21-26-13-15-28(35)16-14-26/h11-20,22-23,33H,7-10,21H2,1-6H3. The van der Waals surface area contributed by atoms with Crippen molar-refractivity contribution in [3.63, 3.8) is 0 Å². The van der Waals surface area contributed by atoms with Crippen LogP contribution in [-0.2, 0) is 6.42 Å². The van der Waals surface area contributed by atoms with E-state index in [0.29, 0.717) is 0 Å². The third kappa shape index (κ3) is 7.27. The smallest absolute Gasteiger partial charge is 0.147 e. The van der Waals surface area contributed by atoms with Crippen molar-refractivity contribution in [2.45, 2.75) is 53.9 Å². The molecule has 0 aliphatic carbocycles. The SMILES string of the molecule is CCN(CC)Oc1ccc(C)c(C(c2cc(ON(CC)CC)ccc2C)c2sccc2Cc2ccc(Cl)cc2)c1. The molecule has 4 nitrogen and oxygen atoms in total. The van der Waals surface area contributed by atoms with Gasteiger partial charge in [0.2, 0.25) is 0 Å². The molecular weight excluding hydrogens is 536 g/mol. The van der Waals surface area contributed by atoms with Crippen molar-refractivity contribution < 1.29 is 9.68 Å². The summed E-state index contributed by atoms with van der Waals surface area (Å²) in [4.78, 5) is 13.9. The van der Waals surface area contributed by atoms with Crippen molar-refractivity contribution in [1.29, 1.82) is 0 Å². The summed E-state index contributed by atoms with van der Waals surface area (Å²) in [7, 11) is 0. The Kier molecular flexibility index (Phi) is 10.7. The van der Waals surface area contributed by atoms with Gasteiger partial charge in [0, 0.05) is 42.0 Å². The summed E-state index contributed by atoms with van der Waals surface area (Å²) in [5, 5.41) is 6.92. The predicted octanol–water partition coefficient (Wildman–Crippen LogP) is 9.06. The molecular formula is C34H41ClN2O2S. The Bertz CT molecular complexity index is 1310. The molecule has 0 bridgehead atoms. The van der Waals surface area contributed by atoms with Crippen molar-refractivity contribution in [2.24, 2.45) is 0 Å². The molecule has 0 radical (unpaired) electrons. The van der Waals surface area contributed by atoms with Crippen LogP contribution in [0.3, 0.4) is 0 Å². The summed E-state index contributed by atoms with van der Waals surface area (Å²) in [6, 6.07) is 23.4. The molecule has 6 heteroatoms. The van der Waals surface area contributed by atoms with E-state index in [1.807, 2.05) is 33.6 Å². The second-order valence-corrected chi connectivity index (χ2v) is 11.4. The highest BCUT2D eigenvalue weighted by Gasteiger charge is 2.26. The lowest BCUT2D eigenvalue weighted by Gasteiger charge is -2.26. The highest BCUT2D eigenvalue weighted by molar-refractivity contribution is 7.10. The Morgan fingerprint density at radius 2 is 1.20 bits per heavy atom. The van der Waals surface area contributed by atoms with Gasteiger partial charge in [-0.3, -0.25) is 0 Å². The fraction of sp³-hybridized carbons (Fsp3) is 0.353. The maximum Gasteiger partial charge on any atom is 0.147 e. The number of thiophene rings is 1. The summed E-state index contributed by atoms with van der Waals surface area (Å²) in [5.74, 6) is 1.75. The largest absolute Gasteiger partial charge is 0.406 e. The zero-order chi connectivity index (χ0) is 28.6. The van der Waals surface area contributed by atoms with Crippen LogP contribution in [0.4, 0.5) is 0 Å². The van der Waals surface area contributed by atoms with Gasteiger partial charge in [-0.15, -0.1) is 21.5 Å². The fourth-order valence-electron chi connectivity index (χ4n) is 5.00. The van der Waals surface area contributed by atoms with Gasteiger partial charge >= 0.3 is 0 Å². The Morgan fingerprint density at radius 1 is 0.700 bits per heavy atom. The summed E-state index contributed by atoms with van der Waals surface area (Å²) in [6.45, 7) is 16.1. The van der Waals surface area contributed by atoms with Crippen LogP contribution in [0, 0.1) is 13.8 Å². The number of rotatable bonds is 13. The summed E-state index contributed by atoms with van der Waals surface area (Å²) in [5.41, 5.74) is 7.52. The number of aryl methyl sites for hydroxylation is 2. The number of halogens is 1. The zero-order valence-corrected chi connectivity index (χ0v) is 26.1. The zero-order valence-electron chi connectivity index (χ0n) is 24.5. The van der Waals surface area contributed by atoms with Crippen LogP contribution >= 0.6 is 22.9 Å². The van der Waals surface area contributed by atoms with Crippen LogP contribution in [0.25, 0.3) is 0 Å². The third-order valence-electron chi connectivity index (χ3n) is 7.35. The van der Waals surface area contributed by atoms with Gasteiger partial charge in [0.15, 0.2) is 0 Å². The minimum Gasteiger partial charge on any atom is -0.406 e. The molecule has 40 heavy (non-hydrogen) atoms. The lowest BCUT2D eigenvalue weighted by atomic mass is 9.83. The van der Waals surface area contributed by atoms with E-state index < -0.39 is 0 Å². The Balaban J connectivity index is 1.85. The molecule has 0 atom stereocenters. The first-order valence-corrected chi connectivity index (χ1v) is 15.5. The van der Waals surface area contributed by atoms with Crippen LogP contribution in [0.1, 0.15) is 71.9 Å². The second-order valence-electron chi connectivity index (χ2n) is 9.99. The van der Waals surface area contributed by atoms with Crippen molar-refractivity contribution in [1.82, 2.24) is 10.1 Å². The predicted molar refractivity (Wildman–Crippen MR) is 169 cm³/mol. The summed E-state index contributed by atoms with van der Waals surface area (Å²) < 4.78 is 0. The first-order valence-electron chi connectivity index (χ1n) is 14.2. The third-order valence-corrected chi connectivity index (χ3v) is 8.63. The Hall–Kier alpha value is -2.83. The number of benzene rings is 3. The maximum absolute atomic E-state index is 6.28. The van der Waals surface area contributed by atoms with Gasteiger partial charge in [-0.25, -0.2) is 0 Å². The molecule has 1 heterocycles. The molecule has 0 N–H and O–H groups in total. The summed E-state index contributed by atoms with van der Waals surface area (Å²) >= 11 is 8.00. The molecule has 0 spiro atoms. The normalized spacial score (nSPS) is 11.6. The van der Waals surface area contributed by atoms with E-state index in [1.54, 1.807) is 0 Å². The molecule has 1 aromatic heterocycles. The minimum absolute atomic E-state index is 0.0304. The van der Waals surface area contributed by atoms with E-state index in [9.17, 15) is 0 Å². The van der Waals surface area contributed by atoms with Gasteiger partial charge in [0.25, 0.3) is 0 Å². The van der Waals surface area contributed by atoms with Gasteiger partial charge in [0.05, 0.1) is 0 Å². The fourth-order valence-corrected chi connectivity index (χ4v) is 6.18. The molecule has 0 saturated heterocycles.